The van der Waals surface area contributed by atoms with Gasteiger partial charge in [0.25, 0.3) is 0 Å². The number of fused-ring (bicyclic) bond motifs is 1. The molecule has 0 unspecified atom stereocenters. The van der Waals surface area contributed by atoms with Crippen LogP contribution in [0.2, 0.25) is 0 Å². The summed E-state index contributed by atoms with van der Waals surface area (Å²) in [4.78, 5) is 25.4. The summed E-state index contributed by atoms with van der Waals surface area (Å²) >= 11 is 0. The molecule has 0 radical (unpaired) electrons. The summed E-state index contributed by atoms with van der Waals surface area (Å²) in [6.07, 6.45) is 5.36. The van der Waals surface area contributed by atoms with E-state index in [0.717, 1.165) is 43.7 Å². The molecule has 1 aliphatic heterocycles. The van der Waals surface area contributed by atoms with E-state index in [2.05, 4.69) is 39.8 Å². The van der Waals surface area contributed by atoms with Gasteiger partial charge >= 0.3 is 0 Å². The lowest BCUT2D eigenvalue weighted by atomic mass is 10.00. The van der Waals surface area contributed by atoms with Crippen LogP contribution >= 0.6 is 0 Å². The van der Waals surface area contributed by atoms with Crippen molar-refractivity contribution in [2.75, 3.05) is 25.0 Å². The molecule has 2 aromatic rings. The molecule has 0 bridgehead atoms. The molecule has 2 aromatic carbocycles. The number of amides is 2. The number of nitrogens with zero attached hydrogens (tertiary/aromatic N) is 1. The van der Waals surface area contributed by atoms with E-state index in [1.165, 1.54) is 18.1 Å². The first-order chi connectivity index (χ1) is 13.6. The Hall–Kier alpha value is -2.92. The molecule has 5 heteroatoms. The predicted octanol–water partition coefficient (Wildman–Crippen LogP) is 3.22. The van der Waals surface area contributed by atoms with Crippen LogP contribution in [0.25, 0.3) is 6.08 Å². The maximum Gasteiger partial charge on any atom is 0.243 e. The van der Waals surface area contributed by atoms with Gasteiger partial charge in [-0.1, -0.05) is 36.4 Å². The number of rotatable bonds is 7. The van der Waals surface area contributed by atoms with Crippen molar-refractivity contribution in [3.8, 4) is 0 Å². The summed E-state index contributed by atoms with van der Waals surface area (Å²) in [5.74, 6) is -0.189. The third-order valence-corrected chi connectivity index (χ3v) is 4.82. The smallest absolute Gasteiger partial charge is 0.243 e. The highest BCUT2D eigenvalue weighted by molar-refractivity contribution is 5.92. The van der Waals surface area contributed by atoms with Gasteiger partial charge in [0.15, 0.2) is 0 Å². The van der Waals surface area contributed by atoms with Crippen molar-refractivity contribution in [3.05, 3.63) is 71.3 Å². The number of nitrogens with one attached hydrogen (secondary N) is 2. The Morgan fingerprint density at radius 3 is 2.57 bits per heavy atom. The van der Waals surface area contributed by atoms with E-state index >= 15 is 0 Å². The fraction of sp³-hybridized carbons (Fsp3) is 0.304. The molecule has 5 nitrogen and oxygen atoms in total. The van der Waals surface area contributed by atoms with Crippen molar-refractivity contribution in [1.29, 1.82) is 0 Å². The first kappa shape index (κ1) is 19.8. The molecule has 2 N–H and O–H groups in total. The fourth-order valence-corrected chi connectivity index (χ4v) is 3.37. The van der Waals surface area contributed by atoms with Gasteiger partial charge in [0.05, 0.1) is 0 Å². The first-order valence-corrected chi connectivity index (χ1v) is 9.73. The van der Waals surface area contributed by atoms with Gasteiger partial charge in [-0.2, -0.15) is 0 Å². The molecule has 0 fully saturated rings. The Balaban J connectivity index is 1.35. The minimum absolute atomic E-state index is 0.0880. The van der Waals surface area contributed by atoms with E-state index in [1.54, 1.807) is 12.2 Å². The van der Waals surface area contributed by atoms with Crippen LogP contribution in [-0.2, 0) is 22.6 Å². The van der Waals surface area contributed by atoms with Gasteiger partial charge in [0.1, 0.15) is 0 Å². The second-order valence-electron chi connectivity index (χ2n) is 7.08. The Bertz CT molecular complexity index is 843. The van der Waals surface area contributed by atoms with Crippen molar-refractivity contribution in [3.63, 3.8) is 0 Å². The first-order valence-electron chi connectivity index (χ1n) is 9.73. The van der Waals surface area contributed by atoms with Crippen LogP contribution in [-0.4, -0.2) is 36.3 Å². The second-order valence-corrected chi connectivity index (χ2v) is 7.08. The maximum atomic E-state index is 12.0. The zero-order chi connectivity index (χ0) is 19.8. The van der Waals surface area contributed by atoms with E-state index in [0.29, 0.717) is 6.54 Å². The molecule has 28 heavy (non-hydrogen) atoms. The van der Waals surface area contributed by atoms with Gasteiger partial charge < -0.3 is 10.6 Å². The van der Waals surface area contributed by atoms with Crippen molar-refractivity contribution >= 4 is 23.6 Å². The van der Waals surface area contributed by atoms with Gasteiger partial charge in [-0.15, -0.1) is 0 Å². The standard InChI is InChI=1S/C23H27N3O2/c1-18(27)25-22-10-7-19(8-11-22)9-12-23(28)24-14-4-15-26-16-13-20-5-2-3-6-21(20)17-26/h2-3,5-12H,4,13-17H2,1H3,(H,24,28)(H,25,27)/b12-9+. The lowest BCUT2D eigenvalue weighted by Gasteiger charge is -2.28. The fourth-order valence-electron chi connectivity index (χ4n) is 3.37. The average Bonchev–Trinajstić information content (AvgIpc) is 2.70. The van der Waals surface area contributed by atoms with Crippen LogP contribution in [0, 0.1) is 0 Å². The normalized spacial score (nSPS) is 13.9. The molecular weight excluding hydrogens is 350 g/mol. The Labute approximate surface area is 166 Å². The Morgan fingerprint density at radius 2 is 1.82 bits per heavy atom. The third-order valence-electron chi connectivity index (χ3n) is 4.82. The van der Waals surface area contributed by atoms with E-state index in [9.17, 15) is 9.59 Å². The highest BCUT2D eigenvalue weighted by Gasteiger charge is 2.14. The average molecular weight is 377 g/mol. The Kier molecular flexibility index (Phi) is 6.98. The maximum absolute atomic E-state index is 12.0. The molecule has 0 spiro atoms. The number of hydrogen-bond acceptors (Lipinski definition) is 3. The van der Waals surface area contributed by atoms with E-state index < -0.39 is 0 Å². The molecule has 0 aromatic heterocycles. The zero-order valence-corrected chi connectivity index (χ0v) is 16.3. The number of benzene rings is 2. The van der Waals surface area contributed by atoms with Crippen molar-refractivity contribution in [2.24, 2.45) is 0 Å². The number of anilines is 1. The molecule has 2 amide bonds. The number of carbonyl (C=O) groups is 2. The van der Waals surface area contributed by atoms with E-state index in [1.807, 2.05) is 24.3 Å². The van der Waals surface area contributed by atoms with Crippen molar-refractivity contribution in [1.82, 2.24) is 10.2 Å². The van der Waals surface area contributed by atoms with E-state index in [4.69, 9.17) is 0 Å². The number of hydrogen-bond donors (Lipinski definition) is 2. The van der Waals surface area contributed by atoms with Crippen LogP contribution in [0.4, 0.5) is 5.69 Å². The van der Waals surface area contributed by atoms with Crippen LogP contribution < -0.4 is 10.6 Å². The molecule has 0 saturated carbocycles. The van der Waals surface area contributed by atoms with Gasteiger partial charge in [0.2, 0.25) is 11.8 Å². The van der Waals surface area contributed by atoms with Crippen molar-refractivity contribution in [2.45, 2.75) is 26.3 Å². The van der Waals surface area contributed by atoms with Crippen LogP contribution in [0.15, 0.2) is 54.6 Å². The van der Waals surface area contributed by atoms with Crippen LogP contribution in [0.1, 0.15) is 30.0 Å². The molecule has 0 saturated heterocycles. The topological polar surface area (TPSA) is 61.4 Å². The zero-order valence-electron chi connectivity index (χ0n) is 16.3. The lowest BCUT2D eigenvalue weighted by Crippen LogP contribution is -2.33. The molecule has 146 valence electrons. The quantitative estimate of drug-likeness (QED) is 0.575. The van der Waals surface area contributed by atoms with Crippen LogP contribution in [0.5, 0.6) is 0 Å². The second kappa shape index (κ2) is 9.85. The molecule has 0 aliphatic carbocycles. The largest absolute Gasteiger partial charge is 0.353 e. The predicted molar refractivity (Wildman–Crippen MR) is 113 cm³/mol. The minimum atomic E-state index is -0.101. The summed E-state index contributed by atoms with van der Waals surface area (Å²) in [6.45, 7) is 5.21. The molecule has 0 atom stereocenters. The third kappa shape index (κ3) is 6.06. The van der Waals surface area contributed by atoms with Crippen LogP contribution in [0.3, 0.4) is 0 Å². The molecule has 3 rings (SSSR count). The molecule has 1 aliphatic rings. The molecule has 1 heterocycles. The van der Waals surface area contributed by atoms with Gasteiger partial charge in [-0.05, 0) is 47.7 Å². The highest BCUT2D eigenvalue weighted by atomic mass is 16.2. The SMILES string of the molecule is CC(=O)Nc1ccc(/C=C/C(=O)NCCCN2CCc3ccccc3C2)cc1. The van der Waals surface area contributed by atoms with Gasteiger partial charge in [0, 0.05) is 44.9 Å². The van der Waals surface area contributed by atoms with Gasteiger partial charge in [-0.25, -0.2) is 0 Å². The lowest BCUT2D eigenvalue weighted by molar-refractivity contribution is -0.116. The number of carbonyl (C=O) groups excluding carboxylic acids is 2. The Morgan fingerprint density at radius 1 is 1.07 bits per heavy atom. The van der Waals surface area contributed by atoms with Gasteiger partial charge in [-0.3, -0.25) is 14.5 Å². The van der Waals surface area contributed by atoms with E-state index in [-0.39, 0.29) is 11.8 Å². The molecular formula is C23H27N3O2. The summed E-state index contributed by atoms with van der Waals surface area (Å²) in [7, 11) is 0. The summed E-state index contributed by atoms with van der Waals surface area (Å²) < 4.78 is 0. The highest BCUT2D eigenvalue weighted by Crippen LogP contribution is 2.18. The monoisotopic (exact) mass is 377 g/mol. The summed E-state index contributed by atoms with van der Waals surface area (Å²) in [5, 5.41) is 5.66. The summed E-state index contributed by atoms with van der Waals surface area (Å²) in [6, 6.07) is 16.0. The van der Waals surface area contributed by atoms with Crippen molar-refractivity contribution < 1.29 is 9.59 Å². The minimum Gasteiger partial charge on any atom is -0.353 e. The summed E-state index contributed by atoms with van der Waals surface area (Å²) in [5.41, 5.74) is 4.54.